The Morgan fingerprint density at radius 2 is 2.38 bits per heavy atom. The van der Waals surface area contributed by atoms with E-state index >= 15 is 0 Å². The molecule has 0 bridgehead atoms. The molecular weight excluding hydrogens is 222 g/mol. The average Bonchev–Trinajstić information content (AvgIpc) is 2.78. The zero-order valence-electron chi connectivity index (χ0n) is 9.07. The van der Waals surface area contributed by atoms with Gasteiger partial charge in [0.2, 0.25) is 0 Å². The van der Waals surface area contributed by atoms with Gasteiger partial charge in [-0.25, -0.2) is 0 Å². The van der Waals surface area contributed by atoms with Gasteiger partial charge in [0.05, 0.1) is 6.20 Å². The molecule has 1 heterocycles. The summed E-state index contributed by atoms with van der Waals surface area (Å²) in [6.45, 7) is 2.91. The summed E-state index contributed by atoms with van der Waals surface area (Å²) in [5, 5.41) is 10.9. The third kappa shape index (κ3) is 2.84. The lowest BCUT2D eigenvalue weighted by atomic mass is 10.1. The van der Waals surface area contributed by atoms with Gasteiger partial charge in [-0.1, -0.05) is 23.7 Å². The molecule has 84 valence electrons. The largest absolute Gasteiger partial charge is 0.306 e. The second-order valence-electron chi connectivity index (χ2n) is 3.76. The lowest BCUT2D eigenvalue weighted by molar-refractivity contribution is 0.575. The van der Waals surface area contributed by atoms with Crippen LogP contribution in [0.4, 0.5) is 0 Å². The minimum absolute atomic E-state index is 0.272. The number of nitrogens with one attached hydrogen (secondary N) is 2. The second-order valence-corrected chi connectivity index (χ2v) is 4.20. The molecule has 0 radical (unpaired) electrons. The molecule has 3 nitrogen and oxygen atoms in total. The molecule has 0 aliphatic rings. The van der Waals surface area contributed by atoms with Gasteiger partial charge in [0, 0.05) is 29.4 Å². The Morgan fingerprint density at radius 3 is 3.06 bits per heavy atom. The average molecular weight is 236 g/mol. The van der Waals surface area contributed by atoms with Crippen LogP contribution < -0.4 is 5.32 Å². The quantitative estimate of drug-likeness (QED) is 0.856. The van der Waals surface area contributed by atoms with E-state index < -0.39 is 0 Å². The third-order valence-electron chi connectivity index (χ3n) is 2.52. The van der Waals surface area contributed by atoms with Gasteiger partial charge in [-0.15, -0.1) is 0 Å². The Labute approximate surface area is 99.8 Å². The van der Waals surface area contributed by atoms with Gasteiger partial charge in [0.1, 0.15) is 0 Å². The van der Waals surface area contributed by atoms with Crippen LogP contribution in [0.25, 0.3) is 0 Å². The van der Waals surface area contributed by atoms with E-state index in [1.165, 1.54) is 5.56 Å². The van der Waals surface area contributed by atoms with Crippen molar-refractivity contribution in [2.75, 3.05) is 0 Å². The molecule has 2 rings (SSSR count). The first-order valence-electron chi connectivity index (χ1n) is 5.22. The highest BCUT2D eigenvalue weighted by molar-refractivity contribution is 6.30. The van der Waals surface area contributed by atoms with Crippen LogP contribution in [0, 0.1) is 0 Å². The molecule has 1 aromatic heterocycles. The fraction of sp³-hybridized carbons (Fsp3) is 0.250. The van der Waals surface area contributed by atoms with Crippen molar-refractivity contribution in [1.29, 1.82) is 0 Å². The number of aromatic amines is 1. The lowest BCUT2D eigenvalue weighted by Gasteiger charge is -2.13. The van der Waals surface area contributed by atoms with E-state index in [0.29, 0.717) is 0 Å². The first-order chi connectivity index (χ1) is 7.75. The van der Waals surface area contributed by atoms with Crippen LogP contribution in [0.5, 0.6) is 0 Å². The van der Waals surface area contributed by atoms with E-state index in [1.807, 2.05) is 30.6 Å². The maximum atomic E-state index is 5.95. The van der Waals surface area contributed by atoms with Gasteiger partial charge in [-0.2, -0.15) is 5.10 Å². The molecule has 16 heavy (non-hydrogen) atoms. The summed E-state index contributed by atoms with van der Waals surface area (Å²) in [6.07, 6.45) is 3.70. The van der Waals surface area contributed by atoms with Crippen LogP contribution in [0.1, 0.15) is 24.1 Å². The Hall–Kier alpha value is -1.32. The molecule has 0 saturated heterocycles. The summed E-state index contributed by atoms with van der Waals surface area (Å²) in [4.78, 5) is 0. The number of hydrogen-bond acceptors (Lipinski definition) is 2. The Morgan fingerprint density at radius 1 is 1.50 bits per heavy atom. The van der Waals surface area contributed by atoms with Crippen molar-refractivity contribution in [3.63, 3.8) is 0 Å². The van der Waals surface area contributed by atoms with Crippen LogP contribution in [-0.2, 0) is 6.54 Å². The zero-order valence-corrected chi connectivity index (χ0v) is 9.83. The fourth-order valence-electron chi connectivity index (χ4n) is 1.54. The molecule has 0 fully saturated rings. The van der Waals surface area contributed by atoms with Crippen LogP contribution in [0.15, 0.2) is 36.7 Å². The van der Waals surface area contributed by atoms with Gasteiger partial charge in [0.15, 0.2) is 0 Å². The first kappa shape index (κ1) is 11.2. The topological polar surface area (TPSA) is 40.7 Å². The van der Waals surface area contributed by atoms with E-state index in [0.717, 1.165) is 17.1 Å². The molecule has 1 unspecified atom stereocenters. The summed E-state index contributed by atoms with van der Waals surface area (Å²) in [7, 11) is 0. The molecule has 2 N–H and O–H groups in total. The summed E-state index contributed by atoms with van der Waals surface area (Å²) < 4.78 is 0. The molecule has 0 amide bonds. The molecule has 0 aliphatic heterocycles. The summed E-state index contributed by atoms with van der Waals surface area (Å²) in [5.41, 5.74) is 2.34. The normalized spacial score (nSPS) is 12.6. The smallest absolute Gasteiger partial charge is 0.0532 e. The maximum Gasteiger partial charge on any atom is 0.0532 e. The molecule has 1 atom stereocenters. The van der Waals surface area contributed by atoms with E-state index in [9.17, 15) is 0 Å². The highest BCUT2D eigenvalue weighted by atomic mass is 35.5. The van der Waals surface area contributed by atoms with E-state index in [4.69, 9.17) is 11.6 Å². The molecule has 0 saturated carbocycles. The zero-order chi connectivity index (χ0) is 11.4. The number of benzene rings is 1. The Balaban J connectivity index is 1.95. The number of aromatic nitrogens is 2. The number of nitrogens with zero attached hydrogens (tertiary/aromatic N) is 1. The van der Waals surface area contributed by atoms with Gasteiger partial charge in [-0.05, 0) is 24.6 Å². The van der Waals surface area contributed by atoms with E-state index in [-0.39, 0.29) is 6.04 Å². The highest BCUT2D eigenvalue weighted by Gasteiger charge is 2.05. The van der Waals surface area contributed by atoms with E-state index in [2.05, 4.69) is 28.5 Å². The molecular formula is C12H14ClN3. The lowest BCUT2D eigenvalue weighted by Crippen LogP contribution is -2.17. The van der Waals surface area contributed by atoms with Crippen molar-refractivity contribution >= 4 is 11.6 Å². The Bertz CT molecular complexity index is 439. The van der Waals surface area contributed by atoms with Gasteiger partial charge < -0.3 is 5.32 Å². The van der Waals surface area contributed by atoms with Crippen LogP contribution >= 0.6 is 11.6 Å². The van der Waals surface area contributed by atoms with Crippen LogP contribution in [0.2, 0.25) is 5.02 Å². The van der Waals surface area contributed by atoms with Crippen molar-refractivity contribution < 1.29 is 0 Å². The maximum absolute atomic E-state index is 5.95. The van der Waals surface area contributed by atoms with Crippen molar-refractivity contribution in [2.45, 2.75) is 19.5 Å². The summed E-state index contributed by atoms with van der Waals surface area (Å²) in [6, 6.07) is 8.17. The van der Waals surface area contributed by atoms with Crippen molar-refractivity contribution in [3.05, 3.63) is 52.8 Å². The van der Waals surface area contributed by atoms with Crippen LogP contribution in [0.3, 0.4) is 0 Å². The third-order valence-corrected chi connectivity index (χ3v) is 2.75. The summed E-state index contributed by atoms with van der Waals surface area (Å²) in [5.74, 6) is 0. The second kappa shape index (κ2) is 5.14. The molecule has 0 aliphatic carbocycles. The molecule has 1 aromatic carbocycles. The predicted octanol–water partition coefficient (Wildman–Crippen LogP) is 2.91. The molecule has 0 spiro atoms. The van der Waals surface area contributed by atoms with Crippen molar-refractivity contribution in [1.82, 2.24) is 15.5 Å². The minimum Gasteiger partial charge on any atom is -0.306 e. The monoisotopic (exact) mass is 235 g/mol. The first-order valence-corrected chi connectivity index (χ1v) is 5.60. The Kier molecular flexibility index (Phi) is 3.59. The van der Waals surface area contributed by atoms with Gasteiger partial charge in [0.25, 0.3) is 0 Å². The minimum atomic E-state index is 0.272. The number of hydrogen-bond donors (Lipinski definition) is 2. The predicted molar refractivity (Wildman–Crippen MR) is 65.3 cm³/mol. The number of H-pyrrole nitrogens is 1. The highest BCUT2D eigenvalue weighted by Crippen LogP contribution is 2.17. The van der Waals surface area contributed by atoms with Crippen molar-refractivity contribution in [2.24, 2.45) is 0 Å². The number of halogens is 1. The SMILES string of the molecule is CC(NCc1cn[nH]c1)c1cccc(Cl)c1. The van der Waals surface area contributed by atoms with Crippen molar-refractivity contribution in [3.8, 4) is 0 Å². The molecule has 4 heteroatoms. The standard InChI is InChI=1S/C12H14ClN3/c1-9(11-3-2-4-12(13)5-11)14-6-10-7-15-16-8-10/h2-5,7-9,14H,6H2,1H3,(H,15,16). The van der Waals surface area contributed by atoms with Gasteiger partial charge in [-0.3, -0.25) is 5.10 Å². The number of rotatable bonds is 4. The van der Waals surface area contributed by atoms with Crippen LogP contribution in [-0.4, -0.2) is 10.2 Å². The van der Waals surface area contributed by atoms with Gasteiger partial charge >= 0.3 is 0 Å². The molecule has 2 aromatic rings. The summed E-state index contributed by atoms with van der Waals surface area (Å²) >= 11 is 5.95. The van der Waals surface area contributed by atoms with E-state index in [1.54, 1.807) is 0 Å². The fourth-order valence-corrected chi connectivity index (χ4v) is 1.74.